The molecular formula is C62H86N5O22P. The van der Waals surface area contributed by atoms with Crippen molar-refractivity contribution < 1.29 is 99.2 Å². The molecule has 4 aromatic rings. The van der Waals surface area contributed by atoms with Crippen LogP contribution in [0.15, 0.2) is 95.9 Å². The van der Waals surface area contributed by atoms with E-state index in [1.54, 1.807) is 18.9 Å². The van der Waals surface area contributed by atoms with E-state index < -0.39 is 97.8 Å². The summed E-state index contributed by atoms with van der Waals surface area (Å²) in [4.78, 5) is 77.7. The van der Waals surface area contributed by atoms with Crippen molar-refractivity contribution in [3.05, 3.63) is 118 Å². The Kier molecular flexibility index (Phi) is 28.8. The Morgan fingerprint density at radius 2 is 1.17 bits per heavy atom. The van der Waals surface area contributed by atoms with E-state index in [1.807, 2.05) is 107 Å². The summed E-state index contributed by atoms with van der Waals surface area (Å²) in [5, 5.41) is 5.18. The van der Waals surface area contributed by atoms with Crippen LogP contribution in [-0.2, 0) is 95.3 Å². The molecule has 3 heterocycles. The largest absolute Gasteiger partial charge is 0.497 e. The third-order valence-corrected chi connectivity index (χ3v) is 16.6. The molecular weight excluding hydrogens is 1200 g/mol. The van der Waals surface area contributed by atoms with Gasteiger partial charge in [-0.25, -0.2) is 14.0 Å². The molecule has 90 heavy (non-hydrogen) atoms. The van der Waals surface area contributed by atoms with Crippen LogP contribution in [0.4, 0.5) is 5.82 Å². The second-order valence-electron chi connectivity index (χ2n) is 21.4. The fourth-order valence-electron chi connectivity index (χ4n) is 10.4. The summed E-state index contributed by atoms with van der Waals surface area (Å²) in [6, 6.07) is 24.5. The highest BCUT2D eigenvalue weighted by molar-refractivity contribution is 7.51. The first-order valence-corrected chi connectivity index (χ1v) is 31.1. The first-order chi connectivity index (χ1) is 43.1. The van der Waals surface area contributed by atoms with Crippen LogP contribution in [0.3, 0.4) is 0 Å². The maximum Gasteiger partial charge on any atom is 0.409 e. The molecule has 0 bridgehead atoms. The Morgan fingerprint density at radius 3 is 1.66 bits per heavy atom. The van der Waals surface area contributed by atoms with E-state index in [1.165, 1.54) is 37.6 Å². The quantitative estimate of drug-likeness (QED) is 0.0175. The van der Waals surface area contributed by atoms with Crippen LogP contribution >= 0.6 is 7.75 Å². The van der Waals surface area contributed by atoms with Gasteiger partial charge in [0.2, 0.25) is 11.8 Å². The number of amides is 2. The van der Waals surface area contributed by atoms with Crippen molar-refractivity contribution in [3.63, 3.8) is 0 Å². The highest BCUT2D eigenvalue weighted by Crippen LogP contribution is 2.57. The van der Waals surface area contributed by atoms with Gasteiger partial charge in [0, 0.05) is 59.3 Å². The number of anilines is 1. The van der Waals surface area contributed by atoms with E-state index in [4.69, 9.17) is 70.6 Å². The number of hydrogen-bond acceptors (Lipinski definition) is 23. The minimum Gasteiger partial charge on any atom is -0.497 e. The third-order valence-electron chi connectivity index (χ3n) is 14.1. The Hall–Kier alpha value is -6.72. The molecule has 2 saturated heterocycles. The van der Waals surface area contributed by atoms with Gasteiger partial charge < -0.3 is 72.2 Å². The number of aromatic nitrogens is 2. The Bertz CT molecular complexity index is 2950. The van der Waals surface area contributed by atoms with Gasteiger partial charge in [-0.2, -0.15) is 4.98 Å². The molecule has 2 aliphatic rings. The predicted octanol–water partition coefficient (Wildman–Crippen LogP) is 5.88. The molecule has 6 rings (SSSR count). The van der Waals surface area contributed by atoms with Crippen LogP contribution in [0, 0.1) is 0 Å². The predicted molar refractivity (Wildman–Crippen MR) is 323 cm³/mol. The average Bonchev–Trinajstić information content (AvgIpc) is 1.08. The van der Waals surface area contributed by atoms with E-state index in [0.29, 0.717) is 11.5 Å². The Balaban J connectivity index is 1.05. The fraction of sp³-hybridized carbons (Fsp3) is 0.565. The Morgan fingerprint density at radius 1 is 0.644 bits per heavy atom. The van der Waals surface area contributed by atoms with Crippen molar-refractivity contribution >= 4 is 43.3 Å². The molecule has 0 saturated carbocycles. The molecule has 0 spiro atoms. The third kappa shape index (κ3) is 20.9. The molecule has 9 atom stereocenters. The SMILES string of the molecule is COc1ccc(C(OC[C@H]2O[C@@H](n3ccc(NC(C)=O)nc3=O)C[C@@H]2OP(=O)(OCCOCCOCCOCCOCCO[C@@H]2O[C@H](COC(C)=O)[C@H](OC(C)=O)[C@H](OC(C)=O)[C@H]2NC(C)=O)N(C(C)C)C(C)C)(c2ccccc2)c2ccc(OC)cc2)cc1. The maximum absolute atomic E-state index is 15.6. The zero-order chi connectivity index (χ0) is 65.4. The van der Waals surface area contributed by atoms with Gasteiger partial charge in [0.15, 0.2) is 18.5 Å². The summed E-state index contributed by atoms with van der Waals surface area (Å²) >= 11 is 0. The molecule has 28 heteroatoms. The molecule has 496 valence electrons. The van der Waals surface area contributed by atoms with E-state index in [9.17, 15) is 28.8 Å². The molecule has 2 aliphatic heterocycles. The number of ether oxygens (including phenoxy) is 13. The molecule has 2 amide bonds. The number of nitrogens with one attached hydrogen (secondary N) is 2. The van der Waals surface area contributed by atoms with E-state index in [0.717, 1.165) is 30.5 Å². The van der Waals surface area contributed by atoms with Gasteiger partial charge in [0.25, 0.3) is 0 Å². The molecule has 1 unspecified atom stereocenters. The fourth-order valence-corrected chi connectivity index (χ4v) is 12.7. The minimum atomic E-state index is -4.25. The number of nitrogens with zero attached hydrogens (tertiary/aromatic N) is 3. The summed E-state index contributed by atoms with van der Waals surface area (Å²) in [5.41, 5.74) is 0.304. The van der Waals surface area contributed by atoms with Crippen LogP contribution < -0.4 is 25.8 Å². The lowest BCUT2D eigenvalue weighted by molar-refractivity contribution is -0.279. The maximum atomic E-state index is 15.6. The van der Waals surface area contributed by atoms with Crippen LogP contribution in [-0.4, -0.2) is 192 Å². The molecule has 2 N–H and O–H groups in total. The van der Waals surface area contributed by atoms with E-state index >= 15 is 4.57 Å². The smallest absolute Gasteiger partial charge is 0.409 e. The van der Waals surface area contributed by atoms with Crippen LogP contribution in [0.5, 0.6) is 11.5 Å². The number of carbonyl (C=O) groups excluding carboxylic acids is 5. The molecule has 0 aliphatic carbocycles. The van der Waals surface area contributed by atoms with Crippen molar-refractivity contribution in [2.75, 3.05) is 98.8 Å². The second-order valence-corrected chi connectivity index (χ2v) is 23.3. The van der Waals surface area contributed by atoms with Gasteiger partial charge in [-0.1, -0.05) is 54.6 Å². The molecule has 27 nitrogen and oxygen atoms in total. The summed E-state index contributed by atoms with van der Waals surface area (Å²) in [7, 11) is -1.07. The van der Waals surface area contributed by atoms with Gasteiger partial charge in [-0.3, -0.25) is 37.6 Å². The van der Waals surface area contributed by atoms with Crippen LogP contribution in [0.25, 0.3) is 0 Å². The van der Waals surface area contributed by atoms with Crippen LogP contribution in [0.2, 0.25) is 0 Å². The number of benzene rings is 3. The normalized spacial score (nSPS) is 20.7. The minimum absolute atomic E-state index is 0.0147. The zero-order valence-corrected chi connectivity index (χ0v) is 53.8. The number of carbonyl (C=O) groups is 5. The topological polar surface area (TPSA) is 303 Å². The average molecular weight is 1280 g/mol. The molecule has 3 aromatic carbocycles. The molecule has 0 radical (unpaired) electrons. The van der Waals surface area contributed by atoms with Gasteiger partial charge in [-0.15, -0.1) is 0 Å². The lowest BCUT2D eigenvalue weighted by atomic mass is 9.80. The summed E-state index contributed by atoms with van der Waals surface area (Å²) in [5.74, 6) is -1.65. The van der Waals surface area contributed by atoms with Gasteiger partial charge in [0.1, 0.15) is 60.1 Å². The number of rotatable bonds is 37. The number of hydrogen-bond donors (Lipinski definition) is 2. The summed E-state index contributed by atoms with van der Waals surface area (Å²) < 4.78 is 108. The standard InChI is InChI=1S/C62H86N5O22P/c1-40(2)67(41(3)4)90(74,84-36-34-80-32-30-78-28-27-77-29-31-79-33-35-81-60-57(64-43(6)69)59(86-46(9)72)58(85-45(8)71)54(88-60)38-82-44(7)70)89-52-37-56(66-26-25-55(63-42(5)68)65-61(66)73)87-53(52)39-83-62(47-15-13-12-14-16-47,48-17-21-50(75-10)22-18-48)49-19-23-51(76-11)24-20-49/h12-26,40-41,52-54,56-60H,27-39H2,1-11H3,(H,64,69)(H,63,65,68,73)/t52-,53+,54+,56+,57+,58-,59+,60+,90?/m0/s1. The summed E-state index contributed by atoms with van der Waals surface area (Å²) in [6.07, 6.45) is -6.31. The van der Waals surface area contributed by atoms with Crippen molar-refractivity contribution in [2.24, 2.45) is 0 Å². The summed E-state index contributed by atoms with van der Waals surface area (Å²) in [6.45, 7) is 14.2. The second kappa shape index (κ2) is 35.8. The van der Waals surface area contributed by atoms with Crippen molar-refractivity contribution in [2.45, 2.75) is 135 Å². The monoisotopic (exact) mass is 1280 g/mol. The van der Waals surface area contributed by atoms with Crippen molar-refractivity contribution in [1.29, 1.82) is 0 Å². The number of esters is 3. The highest BCUT2D eigenvalue weighted by Gasteiger charge is 2.52. The van der Waals surface area contributed by atoms with Crippen molar-refractivity contribution in [3.8, 4) is 11.5 Å². The first kappa shape index (κ1) is 72.3. The van der Waals surface area contributed by atoms with Crippen LogP contribution in [0.1, 0.15) is 91.7 Å². The number of methoxy groups -OCH3 is 2. The lowest BCUT2D eigenvalue weighted by Gasteiger charge is -2.44. The van der Waals surface area contributed by atoms with E-state index in [2.05, 4.69) is 15.6 Å². The zero-order valence-electron chi connectivity index (χ0n) is 52.9. The highest BCUT2D eigenvalue weighted by atomic mass is 31.2. The van der Waals surface area contributed by atoms with E-state index in [-0.39, 0.29) is 104 Å². The molecule has 2 fully saturated rings. The molecule has 1 aromatic heterocycles. The van der Waals surface area contributed by atoms with Crippen molar-refractivity contribution in [1.82, 2.24) is 19.5 Å². The lowest BCUT2D eigenvalue weighted by Crippen LogP contribution is -2.66. The first-order valence-electron chi connectivity index (χ1n) is 29.6. The van der Waals surface area contributed by atoms with Gasteiger partial charge in [-0.05, 0) is 74.7 Å². The van der Waals surface area contributed by atoms with Gasteiger partial charge in [0.05, 0.1) is 86.9 Å². The Labute approximate surface area is 524 Å². The van der Waals surface area contributed by atoms with Gasteiger partial charge >= 0.3 is 31.3 Å².